The van der Waals surface area contributed by atoms with Gasteiger partial charge < -0.3 is 19.9 Å². The molecule has 2 N–H and O–H groups in total. The molecule has 3 aromatic rings. The van der Waals surface area contributed by atoms with Crippen LogP contribution in [0.25, 0.3) is 10.9 Å². The van der Waals surface area contributed by atoms with Gasteiger partial charge in [-0.15, -0.1) is 0 Å². The molecular formula is C24H29N3O2. The van der Waals surface area contributed by atoms with Gasteiger partial charge in [0.2, 0.25) is 0 Å². The first-order valence-corrected chi connectivity index (χ1v) is 10.3. The molecule has 1 fully saturated rings. The first-order chi connectivity index (χ1) is 14.0. The van der Waals surface area contributed by atoms with Gasteiger partial charge in [-0.25, -0.2) is 4.79 Å². The average molecular weight is 392 g/mol. The lowest BCUT2D eigenvalue weighted by molar-refractivity contribution is 0.0601. The molecule has 1 aliphatic rings. The van der Waals surface area contributed by atoms with Crippen LogP contribution in [-0.4, -0.2) is 30.7 Å². The molecule has 152 valence electrons. The van der Waals surface area contributed by atoms with Crippen LogP contribution in [0.4, 0.5) is 11.4 Å². The molecule has 0 atom stereocenters. The predicted octanol–water partition coefficient (Wildman–Crippen LogP) is 4.63. The van der Waals surface area contributed by atoms with Crippen LogP contribution < -0.4 is 10.6 Å². The van der Waals surface area contributed by atoms with Crippen LogP contribution in [0.5, 0.6) is 0 Å². The van der Waals surface area contributed by atoms with E-state index in [1.165, 1.54) is 48.5 Å². The fourth-order valence-electron chi connectivity index (χ4n) is 4.41. The van der Waals surface area contributed by atoms with E-state index in [4.69, 9.17) is 10.5 Å². The molecule has 0 unspecified atom stereocenters. The second-order valence-electron chi connectivity index (χ2n) is 8.04. The highest BCUT2D eigenvalue weighted by molar-refractivity contribution is 5.89. The molecule has 0 amide bonds. The van der Waals surface area contributed by atoms with Crippen molar-refractivity contribution in [3.05, 3.63) is 59.8 Å². The number of ether oxygens (including phenoxy) is 1. The number of nitrogen functional groups attached to an aromatic ring is 1. The minimum absolute atomic E-state index is 0.287. The zero-order valence-corrected chi connectivity index (χ0v) is 17.2. The SMILES string of the molecule is COC(=O)c1ccc(N2CCC(CCn3cc(C)c4ccc(N)cc43)CC2)cc1. The van der Waals surface area contributed by atoms with E-state index in [9.17, 15) is 4.79 Å². The lowest BCUT2D eigenvalue weighted by Gasteiger charge is -2.33. The van der Waals surface area contributed by atoms with Crippen molar-refractivity contribution in [3.8, 4) is 0 Å². The fraction of sp³-hybridized carbons (Fsp3) is 0.375. The Kier molecular flexibility index (Phi) is 5.47. The highest BCUT2D eigenvalue weighted by Gasteiger charge is 2.20. The van der Waals surface area contributed by atoms with E-state index < -0.39 is 0 Å². The van der Waals surface area contributed by atoms with Crippen molar-refractivity contribution in [1.82, 2.24) is 4.57 Å². The second-order valence-corrected chi connectivity index (χ2v) is 8.04. The smallest absolute Gasteiger partial charge is 0.337 e. The number of benzene rings is 2. The molecule has 29 heavy (non-hydrogen) atoms. The maximum atomic E-state index is 11.6. The predicted molar refractivity (Wildman–Crippen MR) is 118 cm³/mol. The Morgan fingerprint density at radius 1 is 1.14 bits per heavy atom. The monoisotopic (exact) mass is 391 g/mol. The topological polar surface area (TPSA) is 60.5 Å². The number of nitrogens with zero attached hydrogens (tertiary/aromatic N) is 2. The summed E-state index contributed by atoms with van der Waals surface area (Å²) in [6, 6.07) is 13.9. The van der Waals surface area contributed by atoms with Gasteiger partial charge >= 0.3 is 5.97 Å². The molecule has 5 heteroatoms. The number of esters is 1. The number of aromatic nitrogens is 1. The van der Waals surface area contributed by atoms with Gasteiger partial charge in [0.25, 0.3) is 0 Å². The molecule has 5 nitrogen and oxygen atoms in total. The summed E-state index contributed by atoms with van der Waals surface area (Å²) in [5, 5.41) is 1.30. The van der Waals surface area contributed by atoms with E-state index in [1.54, 1.807) is 0 Å². The number of hydrogen-bond acceptors (Lipinski definition) is 4. The largest absolute Gasteiger partial charge is 0.465 e. The van der Waals surface area contributed by atoms with Crippen molar-refractivity contribution in [2.75, 3.05) is 30.8 Å². The average Bonchev–Trinajstić information content (AvgIpc) is 3.07. The molecule has 0 spiro atoms. The van der Waals surface area contributed by atoms with Crippen molar-refractivity contribution in [3.63, 3.8) is 0 Å². The maximum Gasteiger partial charge on any atom is 0.337 e. The standard InChI is InChI=1S/C24H29N3O2/c1-17-16-27(23-15-20(25)5-8-22(17)23)14-11-18-9-12-26(13-10-18)21-6-3-19(4-7-21)24(28)29-2/h3-8,15-16,18H,9-14,25H2,1-2H3. The number of methoxy groups -OCH3 is 1. The highest BCUT2D eigenvalue weighted by Crippen LogP contribution is 2.28. The number of nitrogens with two attached hydrogens (primary N) is 1. The Labute approximate surface area is 172 Å². The second kappa shape index (κ2) is 8.19. The number of anilines is 2. The summed E-state index contributed by atoms with van der Waals surface area (Å²) in [6.07, 6.45) is 5.83. The van der Waals surface area contributed by atoms with Crippen molar-refractivity contribution in [2.45, 2.75) is 32.7 Å². The van der Waals surface area contributed by atoms with Gasteiger partial charge in [-0.1, -0.05) is 6.07 Å². The molecule has 4 rings (SSSR count). The van der Waals surface area contributed by atoms with E-state index in [2.05, 4.69) is 34.7 Å². The fourth-order valence-corrected chi connectivity index (χ4v) is 4.41. The highest BCUT2D eigenvalue weighted by atomic mass is 16.5. The van der Waals surface area contributed by atoms with E-state index in [-0.39, 0.29) is 5.97 Å². The van der Waals surface area contributed by atoms with Crippen molar-refractivity contribution >= 4 is 28.2 Å². The Morgan fingerprint density at radius 2 is 1.86 bits per heavy atom. The number of hydrogen-bond donors (Lipinski definition) is 1. The number of carbonyl (C=O) groups excluding carboxylic acids is 1. The van der Waals surface area contributed by atoms with Crippen molar-refractivity contribution in [2.24, 2.45) is 5.92 Å². The van der Waals surface area contributed by atoms with Gasteiger partial charge in [-0.3, -0.25) is 0 Å². The number of aryl methyl sites for hydroxylation is 2. The summed E-state index contributed by atoms with van der Waals surface area (Å²) in [5.74, 6) is 0.448. The molecule has 0 radical (unpaired) electrons. The minimum atomic E-state index is -0.287. The summed E-state index contributed by atoms with van der Waals surface area (Å²) in [7, 11) is 1.41. The van der Waals surface area contributed by atoms with Gasteiger partial charge in [-0.05, 0) is 74.1 Å². The van der Waals surface area contributed by atoms with Gasteiger partial charge in [0.05, 0.1) is 18.2 Å². The third-order valence-electron chi connectivity index (χ3n) is 6.15. The van der Waals surface area contributed by atoms with Crippen LogP contribution in [0, 0.1) is 12.8 Å². The molecule has 0 bridgehead atoms. The van der Waals surface area contributed by atoms with Gasteiger partial charge in [0, 0.05) is 42.6 Å². The number of fused-ring (bicyclic) bond motifs is 1. The molecule has 2 aromatic carbocycles. The van der Waals surface area contributed by atoms with E-state index in [0.717, 1.165) is 31.2 Å². The summed E-state index contributed by atoms with van der Waals surface area (Å²) < 4.78 is 7.13. The van der Waals surface area contributed by atoms with Gasteiger partial charge in [0.1, 0.15) is 0 Å². The zero-order valence-electron chi connectivity index (χ0n) is 17.2. The number of rotatable bonds is 5. The first kappa shape index (κ1) is 19.4. The quantitative estimate of drug-likeness (QED) is 0.509. The van der Waals surface area contributed by atoms with E-state index in [0.29, 0.717) is 5.56 Å². The molecule has 2 heterocycles. The lowest BCUT2D eigenvalue weighted by Crippen LogP contribution is -2.33. The van der Waals surface area contributed by atoms with Crippen LogP contribution in [0.1, 0.15) is 35.2 Å². The van der Waals surface area contributed by atoms with Crippen LogP contribution >= 0.6 is 0 Å². The van der Waals surface area contributed by atoms with Crippen LogP contribution in [-0.2, 0) is 11.3 Å². The molecular weight excluding hydrogens is 362 g/mol. The van der Waals surface area contributed by atoms with Gasteiger partial charge in [0.15, 0.2) is 0 Å². The van der Waals surface area contributed by atoms with Crippen molar-refractivity contribution < 1.29 is 9.53 Å². The molecule has 0 saturated carbocycles. The van der Waals surface area contributed by atoms with Gasteiger partial charge in [-0.2, -0.15) is 0 Å². The lowest BCUT2D eigenvalue weighted by atomic mass is 9.93. The van der Waals surface area contributed by atoms with E-state index in [1.807, 2.05) is 30.3 Å². The Bertz CT molecular complexity index is 999. The molecule has 0 aliphatic carbocycles. The van der Waals surface area contributed by atoms with Crippen LogP contribution in [0.2, 0.25) is 0 Å². The summed E-state index contributed by atoms with van der Waals surface area (Å²) in [6.45, 7) is 5.31. The summed E-state index contributed by atoms with van der Waals surface area (Å²) >= 11 is 0. The maximum absolute atomic E-state index is 11.6. The summed E-state index contributed by atoms with van der Waals surface area (Å²) in [4.78, 5) is 14.0. The van der Waals surface area contributed by atoms with Crippen LogP contribution in [0.15, 0.2) is 48.7 Å². The minimum Gasteiger partial charge on any atom is -0.465 e. The molecule has 1 saturated heterocycles. The van der Waals surface area contributed by atoms with Crippen LogP contribution in [0.3, 0.4) is 0 Å². The zero-order chi connectivity index (χ0) is 20.4. The Hall–Kier alpha value is -2.95. The summed E-state index contributed by atoms with van der Waals surface area (Å²) in [5.41, 5.74) is 11.2. The third-order valence-corrected chi connectivity index (χ3v) is 6.15. The third kappa shape index (κ3) is 4.09. The van der Waals surface area contributed by atoms with Crippen molar-refractivity contribution in [1.29, 1.82) is 0 Å². The molecule has 1 aliphatic heterocycles. The first-order valence-electron chi connectivity index (χ1n) is 10.3. The Balaban J connectivity index is 1.34. The van der Waals surface area contributed by atoms with E-state index >= 15 is 0 Å². The number of carbonyl (C=O) groups is 1. The normalized spacial score (nSPS) is 15.0. The molecule has 1 aromatic heterocycles. The number of piperidine rings is 1. The Morgan fingerprint density at radius 3 is 2.55 bits per heavy atom.